The normalized spacial score (nSPS) is 23.5. The number of anilines is 3. The number of aryl methyl sites for hydroxylation is 1. The van der Waals surface area contributed by atoms with Gasteiger partial charge in [-0.25, -0.2) is 0 Å². The van der Waals surface area contributed by atoms with E-state index < -0.39 is 13.7 Å². The van der Waals surface area contributed by atoms with Crippen molar-refractivity contribution in [3.8, 4) is 5.75 Å². The fourth-order valence-electron chi connectivity index (χ4n) is 8.53. The van der Waals surface area contributed by atoms with Crippen LogP contribution in [0.25, 0.3) is 0 Å². The highest BCUT2D eigenvalue weighted by Gasteiger charge is 2.66. The molecule has 3 heterocycles. The average molecular weight is 726 g/mol. The summed E-state index contributed by atoms with van der Waals surface area (Å²) in [6, 6.07) is 30.3. The van der Waals surface area contributed by atoms with Crippen molar-refractivity contribution in [1.82, 2.24) is 0 Å². The molecule has 1 saturated heterocycles. The van der Waals surface area contributed by atoms with Crippen LogP contribution in [0.2, 0.25) is 18.6 Å². The first-order chi connectivity index (χ1) is 23.1. The SMILES string of the molecule is COc1ccc([Si](C)(C)[C@@H]2[C@@H](CCO)O[C@]3(C(=O)N(Cc4cccc(N5C(=O)CCc6ccccc65)c4)c4ccc(Br)cc43)[C@H]2C)cc1. The molecule has 0 unspecified atom stereocenters. The van der Waals surface area contributed by atoms with E-state index in [9.17, 15) is 9.90 Å². The summed E-state index contributed by atoms with van der Waals surface area (Å²) in [5.41, 5.74) is 4.33. The molecule has 1 spiro atoms. The molecule has 1 N–H and O–H groups in total. The molecular formula is C39H41BrN2O5Si. The van der Waals surface area contributed by atoms with E-state index in [1.54, 1.807) is 12.0 Å². The van der Waals surface area contributed by atoms with E-state index in [4.69, 9.17) is 9.47 Å². The molecule has 48 heavy (non-hydrogen) atoms. The van der Waals surface area contributed by atoms with Crippen molar-refractivity contribution < 1.29 is 24.2 Å². The number of rotatable bonds is 8. The van der Waals surface area contributed by atoms with Crippen LogP contribution in [0.3, 0.4) is 0 Å². The van der Waals surface area contributed by atoms with Gasteiger partial charge in [0.1, 0.15) is 5.75 Å². The molecule has 4 atom stereocenters. The molecule has 0 saturated carbocycles. The Morgan fingerprint density at radius 3 is 2.48 bits per heavy atom. The number of benzene rings is 4. The van der Waals surface area contributed by atoms with Crippen LogP contribution in [-0.2, 0) is 32.9 Å². The number of hydrogen-bond donors (Lipinski definition) is 1. The Balaban J connectivity index is 1.26. The van der Waals surface area contributed by atoms with E-state index >= 15 is 4.79 Å². The van der Waals surface area contributed by atoms with Gasteiger partial charge in [0, 0.05) is 34.7 Å². The van der Waals surface area contributed by atoms with Gasteiger partial charge in [0.2, 0.25) is 5.91 Å². The minimum absolute atomic E-state index is 0.0224. The molecule has 0 aromatic heterocycles. The third-order valence-corrected chi connectivity index (χ3v) is 15.7. The highest BCUT2D eigenvalue weighted by molar-refractivity contribution is 9.10. The van der Waals surface area contributed by atoms with E-state index in [2.05, 4.69) is 54.1 Å². The Bertz CT molecular complexity index is 1880. The maximum atomic E-state index is 15.0. The molecule has 2 amide bonds. The quantitative estimate of drug-likeness (QED) is 0.194. The Kier molecular flexibility index (Phi) is 8.60. The van der Waals surface area contributed by atoms with Crippen LogP contribution in [0, 0.1) is 5.92 Å². The lowest BCUT2D eigenvalue weighted by Gasteiger charge is -2.37. The number of amides is 2. The number of para-hydroxylation sites is 1. The van der Waals surface area contributed by atoms with Crippen molar-refractivity contribution in [3.05, 3.63) is 112 Å². The van der Waals surface area contributed by atoms with Crippen LogP contribution in [0.5, 0.6) is 5.75 Å². The van der Waals surface area contributed by atoms with Gasteiger partial charge in [-0.2, -0.15) is 0 Å². The number of carbonyl (C=O) groups excluding carboxylic acids is 2. The topological polar surface area (TPSA) is 79.3 Å². The first-order valence-electron chi connectivity index (χ1n) is 16.6. The maximum Gasteiger partial charge on any atom is 0.264 e. The number of methoxy groups -OCH3 is 1. The molecule has 4 aromatic rings. The largest absolute Gasteiger partial charge is 0.497 e. The van der Waals surface area contributed by atoms with Crippen LogP contribution in [0.1, 0.15) is 36.5 Å². The fraction of sp³-hybridized carbons (Fsp3) is 0.333. The zero-order chi connectivity index (χ0) is 33.8. The minimum Gasteiger partial charge on any atom is -0.497 e. The number of aliphatic hydroxyl groups is 1. The molecule has 1 fully saturated rings. The summed E-state index contributed by atoms with van der Waals surface area (Å²) in [6.07, 6.45) is 1.35. The lowest BCUT2D eigenvalue weighted by Crippen LogP contribution is -2.51. The summed E-state index contributed by atoms with van der Waals surface area (Å²) in [4.78, 5) is 31.9. The first-order valence-corrected chi connectivity index (χ1v) is 20.5. The summed E-state index contributed by atoms with van der Waals surface area (Å²) in [5.74, 6) is 0.631. The van der Waals surface area contributed by atoms with E-state index in [1.807, 2.05) is 77.7 Å². The van der Waals surface area contributed by atoms with E-state index in [0.29, 0.717) is 19.4 Å². The van der Waals surface area contributed by atoms with Crippen LogP contribution in [0.4, 0.5) is 17.1 Å². The second kappa shape index (κ2) is 12.6. The molecule has 7 rings (SSSR count). The van der Waals surface area contributed by atoms with Crippen LogP contribution in [0.15, 0.2) is 95.5 Å². The van der Waals surface area contributed by atoms with E-state index in [-0.39, 0.29) is 36.0 Å². The second-order valence-corrected chi connectivity index (χ2v) is 19.4. The van der Waals surface area contributed by atoms with Gasteiger partial charge < -0.3 is 19.5 Å². The van der Waals surface area contributed by atoms with Crippen molar-refractivity contribution in [1.29, 1.82) is 0 Å². The third-order valence-electron chi connectivity index (χ3n) is 10.8. The zero-order valence-corrected chi connectivity index (χ0v) is 30.4. The molecular weight excluding hydrogens is 684 g/mol. The Morgan fingerprint density at radius 2 is 1.73 bits per heavy atom. The molecule has 3 aliphatic rings. The van der Waals surface area contributed by atoms with Gasteiger partial charge in [-0.1, -0.05) is 83.6 Å². The smallest absolute Gasteiger partial charge is 0.264 e. The number of nitrogens with zero attached hydrogens (tertiary/aromatic N) is 2. The highest BCUT2D eigenvalue weighted by atomic mass is 79.9. The van der Waals surface area contributed by atoms with E-state index in [1.165, 1.54) is 5.19 Å². The van der Waals surface area contributed by atoms with Gasteiger partial charge >= 0.3 is 0 Å². The average Bonchev–Trinajstić information content (AvgIpc) is 3.51. The van der Waals surface area contributed by atoms with Gasteiger partial charge in [-0.3, -0.25) is 14.5 Å². The maximum absolute atomic E-state index is 15.0. The number of halogens is 1. The van der Waals surface area contributed by atoms with Gasteiger partial charge in [-0.05, 0) is 78.0 Å². The van der Waals surface area contributed by atoms with Crippen LogP contribution >= 0.6 is 15.9 Å². The lowest BCUT2D eigenvalue weighted by atomic mass is 9.82. The zero-order valence-electron chi connectivity index (χ0n) is 27.8. The summed E-state index contributed by atoms with van der Waals surface area (Å²) in [5, 5.41) is 11.5. The van der Waals surface area contributed by atoms with Gasteiger partial charge in [0.05, 0.1) is 39.2 Å². The summed E-state index contributed by atoms with van der Waals surface area (Å²) in [7, 11) is -0.606. The number of ether oxygens (including phenoxy) is 2. The van der Waals surface area contributed by atoms with Gasteiger partial charge in [0.25, 0.3) is 5.91 Å². The molecule has 7 nitrogen and oxygen atoms in total. The van der Waals surface area contributed by atoms with Crippen molar-refractivity contribution >= 4 is 58.1 Å². The molecule has 248 valence electrons. The molecule has 3 aliphatic heterocycles. The predicted octanol–water partition coefficient (Wildman–Crippen LogP) is 7.21. The van der Waals surface area contributed by atoms with Crippen molar-refractivity contribution in [2.24, 2.45) is 5.92 Å². The van der Waals surface area contributed by atoms with Crippen molar-refractivity contribution in [2.45, 2.75) is 63.1 Å². The highest BCUT2D eigenvalue weighted by Crippen LogP contribution is 2.60. The van der Waals surface area contributed by atoms with Crippen LogP contribution in [-0.4, -0.2) is 44.8 Å². The van der Waals surface area contributed by atoms with Crippen molar-refractivity contribution in [3.63, 3.8) is 0 Å². The number of fused-ring (bicyclic) bond motifs is 3. The van der Waals surface area contributed by atoms with Gasteiger partial charge in [0.15, 0.2) is 5.60 Å². The molecule has 0 radical (unpaired) electrons. The Labute approximate surface area is 291 Å². The second-order valence-electron chi connectivity index (χ2n) is 13.7. The molecule has 0 bridgehead atoms. The molecule has 9 heteroatoms. The van der Waals surface area contributed by atoms with Crippen molar-refractivity contribution in [2.75, 3.05) is 23.5 Å². The van der Waals surface area contributed by atoms with E-state index in [0.717, 1.165) is 50.4 Å². The lowest BCUT2D eigenvalue weighted by molar-refractivity contribution is -0.146. The number of carbonyl (C=O) groups is 2. The first kappa shape index (κ1) is 32.8. The molecule has 4 aromatic carbocycles. The Hall–Kier alpha value is -3.76. The van der Waals surface area contributed by atoms with Gasteiger partial charge in [-0.15, -0.1) is 0 Å². The minimum atomic E-state index is -2.27. The summed E-state index contributed by atoms with van der Waals surface area (Å²) >= 11 is 3.68. The monoisotopic (exact) mass is 724 g/mol. The molecule has 0 aliphatic carbocycles. The standard InChI is InChI=1S/C39H41BrN2O5Si/c1-25-37(48(3,4)31-16-14-30(46-2)15-17-31)35(20-21-43)47-39(25)32-23-28(40)13-18-34(32)41(38(39)45)24-26-8-7-10-29(22-26)42-33-11-6-5-9-27(33)12-19-36(42)44/h5-11,13-18,22-23,25,35,37,43H,12,19-21,24H2,1-4H3/t25-,35+,37-,39+/m0/s1. The summed E-state index contributed by atoms with van der Waals surface area (Å²) < 4.78 is 13.4. The third kappa shape index (κ3) is 5.23. The van der Waals surface area contributed by atoms with Crippen LogP contribution < -0.4 is 19.7 Å². The summed E-state index contributed by atoms with van der Waals surface area (Å²) in [6.45, 7) is 7.15. The predicted molar refractivity (Wildman–Crippen MR) is 195 cm³/mol. The Morgan fingerprint density at radius 1 is 0.958 bits per heavy atom. The number of hydrogen-bond acceptors (Lipinski definition) is 5. The fourth-order valence-corrected chi connectivity index (χ4v) is 12.9. The number of aliphatic hydroxyl groups excluding tert-OH is 1.